The first-order valence-corrected chi connectivity index (χ1v) is 5.78. The summed E-state index contributed by atoms with van der Waals surface area (Å²) in [6, 6.07) is 0.282. The third-order valence-corrected chi connectivity index (χ3v) is 3.02. The fourth-order valence-electron chi connectivity index (χ4n) is 2.14. The molecule has 0 unspecified atom stereocenters. The van der Waals surface area contributed by atoms with Crippen LogP contribution in [0.2, 0.25) is 0 Å². The van der Waals surface area contributed by atoms with Crippen LogP contribution in [-0.2, 0) is 0 Å². The molecule has 1 rings (SSSR count). The van der Waals surface area contributed by atoms with E-state index in [0.717, 1.165) is 19.4 Å². The van der Waals surface area contributed by atoms with E-state index in [0.29, 0.717) is 11.6 Å². The fourth-order valence-corrected chi connectivity index (χ4v) is 2.29. The summed E-state index contributed by atoms with van der Waals surface area (Å²) in [7, 11) is 0. The predicted molar refractivity (Wildman–Crippen MR) is 60.5 cm³/mol. The lowest BCUT2D eigenvalue weighted by Crippen LogP contribution is -2.46. The van der Waals surface area contributed by atoms with Gasteiger partial charge < -0.3 is 5.11 Å². The maximum atomic E-state index is 9.85. The Balaban J connectivity index is 2.54. The number of likely N-dealkylation sites (tertiary alicyclic amines) is 1. The Labute approximate surface area is 91.6 Å². The van der Waals surface area contributed by atoms with E-state index >= 15 is 0 Å². The van der Waals surface area contributed by atoms with Crippen LogP contribution in [0.25, 0.3) is 0 Å². The van der Waals surface area contributed by atoms with Crippen LogP contribution in [0.5, 0.6) is 0 Å². The molecule has 0 saturated carbocycles. The van der Waals surface area contributed by atoms with Gasteiger partial charge in [0.1, 0.15) is 0 Å². The van der Waals surface area contributed by atoms with Gasteiger partial charge >= 0.3 is 0 Å². The highest BCUT2D eigenvalue weighted by Crippen LogP contribution is 2.22. The van der Waals surface area contributed by atoms with Crippen LogP contribution < -0.4 is 0 Å². The minimum Gasteiger partial charge on any atom is -0.392 e. The number of rotatable bonds is 4. The van der Waals surface area contributed by atoms with Gasteiger partial charge in [0.25, 0.3) is 0 Å². The van der Waals surface area contributed by atoms with Gasteiger partial charge in [-0.25, -0.2) is 0 Å². The molecule has 0 radical (unpaired) electrons. The second-order valence-corrected chi connectivity index (χ2v) is 4.56. The summed E-state index contributed by atoms with van der Waals surface area (Å²) in [5.74, 6) is 0. The largest absolute Gasteiger partial charge is 0.392 e. The molecule has 3 heteroatoms. The second-order valence-electron chi connectivity index (χ2n) is 4.03. The first-order chi connectivity index (χ1) is 6.65. The summed E-state index contributed by atoms with van der Waals surface area (Å²) < 4.78 is 0. The van der Waals surface area contributed by atoms with E-state index in [1.807, 2.05) is 6.92 Å². The molecule has 0 spiro atoms. The zero-order chi connectivity index (χ0) is 10.6. The average molecular weight is 218 g/mol. The SMILES string of the molecule is C=C(Cl)CN1CCCC[C@@H]1[C@H](O)CC. The smallest absolute Gasteiger partial charge is 0.0692 e. The van der Waals surface area contributed by atoms with Gasteiger partial charge in [-0.05, 0) is 25.8 Å². The summed E-state index contributed by atoms with van der Waals surface area (Å²) in [4.78, 5) is 2.26. The molecule has 0 aromatic rings. The van der Waals surface area contributed by atoms with Crippen LogP contribution in [-0.4, -0.2) is 35.2 Å². The molecule has 1 saturated heterocycles. The number of nitrogens with zero attached hydrogens (tertiary/aromatic N) is 1. The zero-order valence-corrected chi connectivity index (χ0v) is 9.63. The van der Waals surface area contributed by atoms with Crippen molar-refractivity contribution in [1.82, 2.24) is 4.90 Å². The lowest BCUT2D eigenvalue weighted by molar-refractivity contribution is 0.0302. The number of aliphatic hydroxyl groups excluding tert-OH is 1. The Kier molecular flexibility index (Phi) is 4.93. The highest BCUT2D eigenvalue weighted by Gasteiger charge is 2.27. The summed E-state index contributed by atoms with van der Waals surface area (Å²) in [5, 5.41) is 10.5. The average Bonchev–Trinajstić information content (AvgIpc) is 2.16. The first kappa shape index (κ1) is 12.0. The molecular weight excluding hydrogens is 198 g/mol. The summed E-state index contributed by atoms with van der Waals surface area (Å²) in [5.41, 5.74) is 0. The molecule has 1 aliphatic heterocycles. The van der Waals surface area contributed by atoms with Crippen molar-refractivity contribution in [1.29, 1.82) is 0 Å². The van der Waals surface area contributed by atoms with Crippen molar-refractivity contribution in [3.63, 3.8) is 0 Å². The third-order valence-electron chi connectivity index (χ3n) is 2.90. The van der Waals surface area contributed by atoms with Crippen molar-refractivity contribution in [2.24, 2.45) is 0 Å². The van der Waals surface area contributed by atoms with Gasteiger partial charge in [-0.1, -0.05) is 31.5 Å². The van der Waals surface area contributed by atoms with Gasteiger partial charge in [0.2, 0.25) is 0 Å². The zero-order valence-electron chi connectivity index (χ0n) is 8.88. The molecule has 1 fully saturated rings. The highest BCUT2D eigenvalue weighted by atomic mass is 35.5. The molecule has 0 bridgehead atoms. The van der Waals surface area contributed by atoms with Crippen LogP contribution in [0.15, 0.2) is 11.6 Å². The van der Waals surface area contributed by atoms with Crippen molar-refractivity contribution in [2.75, 3.05) is 13.1 Å². The van der Waals surface area contributed by atoms with Crippen molar-refractivity contribution in [3.8, 4) is 0 Å². The maximum Gasteiger partial charge on any atom is 0.0692 e. The van der Waals surface area contributed by atoms with Crippen LogP contribution in [0.4, 0.5) is 0 Å². The molecule has 1 N–H and O–H groups in total. The minimum atomic E-state index is -0.216. The van der Waals surface area contributed by atoms with Crippen molar-refractivity contribution in [2.45, 2.75) is 44.8 Å². The van der Waals surface area contributed by atoms with E-state index in [1.165, 1.54) is 12.8 Å². The van der Waals surface area contributed by atoms with Gasteiger partial charge in [-0.3, -0.25) is 4.90 Å². The van der Waals surface area contributed by atoms with E-state index < -0.39 is 0 Å². The quantitative estimate of drug-likeness (QED) is 0.782. The molecule has 0 aromatic carbocycles. The number of hydrogen-bond donors (Lipinski definition) is 1. The van der Waals surface area contributed by atoms with Crippen molar-refractivity contribution in [3.05, 3.63) is 11.6 Å². The Morgan fingerprint density at radius 3 is 2.93 bits per heavy atom. The van der Waals surface area contributed by atoms with Crippen LogP contribution in [0, 0.1) is 0 Å². The van der Waals surface area contributed by atoms with Gasteiger partial charge in [0.15, 0.2) is 0 Å². The highest BCUT2D eigenvalue weighted by molar-refractivity contribution is 6.29. The summed E-state index contributed by atoms with van der Waals surface area (Å²) >= 11 is 5.81. The number of halogens is 1. The molecule has 0 amide bonds. The first-order valence-electron chi connectivity index (χ1n) is 5.40. The van der Waals surface area contributed by atoms with Gasteiger partial charge in [-0.2, -0.15) is 0 Å². The van der Waals surface area contributed by atoms with Gasteiger partial charge in [0, 0.05) is 17.6 Å². The monoisotopic (exact) mass is 217 g/mol. The normalized spacial score (nSPS) is 26.1. The van der Waals surface area contributed by atoms with Gasteiger partial charge in [-0.15, -0.1) is 0 Å². The maximum absolute atomic E-state index is 9.85. The van der Waals surface area contributed by atoms with Crippen LogP contribution in [0.3, 0.4) is 0 Å². The van der Waals surface area contributed by atoms with E-state index in [4.69, 9.17) is 11.6 Å². The Hall–Kier alpha value is -0.0500. The molecule has 1 heterocycles. The van der Waals surface area contributed by atoms with E-state index in [-0.39, 0.29) is 12.1 Å². The Bertz CT molecular complexity index is 196. The van der Waals surface area contributed by atoms with E-state index in [1.54, 1.807) is 0 Å². The molecule has 2 atom stereocenters. The lowest BCUT2D eigenvalue weighted by atomic mass is 9.96. The molecule has 1 aliphatic rings. The summed E-state index contributed by atoms with van der Waals surface area (Å²) in [6.45, 7) is 7.48. The Morgan fingerprint density at radius 2 is 2.36 bits per heavy atom. The molecule has 14 heavy (non-hydrogen) atoms. The third kappa shape index (κ3) is 3.26. The van der Waals surface area contributed by atoms with Gasteiger partial charge in [0.05, 0.1) is 6.10 Å². The van der Waals surface area contributed by atoms with E-state index in [9.17, 15) is 5.11 Å². The van der Waals surface area contributed by atoms with Crippen LogP contribution >= 0.6 is 11.6 Å². The minimum absolute atomic E-state index is 0.216. The number of piperidine rings is 1. The van der Waals surface area contributed by atoms with Crippen molar-refractivity contribution >= 4 is 11.6 Å². The molecule has 82 valence electrons. The van der Waals surface area contributed by atoms with Crippen molar-refractivity contribution < 1.29 is 5.11 Å². The number of aliphatic hydroxyl groups is 1. The predicted octanol–water partition coefficient (Wildman–Crippen LogP) is 2.36. The molecular formula is C11H20ClNO. The molecule has 2 nitrogen and oxygen atoms in total. The Morgan fingerprint density at radius 1 is 1.64 bits per heavy atom. The second kappa shape index (κ2) is 5.74. The molecule has 0 aromatic heterocycles. The molecule has 0 aliphatic carbocycles. The standard InChI is InChI=1S/C11H20ClNO/c1-3-11(14)10-6-4-5-7-13(10)8-9(2)12/h10-11,14H,2-8H2,1H3/t10-,11-/m1/s1. The van der Waals surface area contributed by atoms with E-state index in [2.05, 4.69) is 11.5 Å². The lowest BCUT2D eigenvalue weighted by Gasteiger charge is -2.38. The topological polar surface area (TPSA) is 23.5 Å². The summed E-state index contributed by atoms with van der Waals surface area (Å²) in [6.07, 6.45) is 4.10. The number of hydrogen-bond acceptors (Lipinski definition) is 2. The fraction of sp³-hybridized carbons (Fsp3) is 0.818. The van der Waals surface area contributed by atoms with Crippen LogP contribution in [0.1, 0.15) is 32.6 Å².